The van der Waals surface area contributed by atoms with Crippen LogP contribution in [0.2, 0.25) is 30.1 Å². The van der Waals surface area contributed by atoms with E-state index < -0.39 is 0 Å². The predicted molar refractivity (Wildman–Crippen MR) is 79.7 cm³/mol. The van der Waals surface area contributed by atoms with Crippen LogP contribution in [0.1, 0.15) is 0 Å². The number of nitrogens with zero attached hydrogens (tertiary/aromatic N) is 1. The van der Waals surface area contributed by atoms with E-state index in [4.69, 9.17) is 69.6 Å². The number of hydrogen-bond donors (Lipinski definition) is 0. The number of pyridine rings is 1. The molecule has 0 bridgehead atoms. The third kappa shape index (κ3) is 2.40. The minimum absolute atomic E-state index is 0.101. The smallest absolute Gasteiger partial charge is 0.0919 e. The van der Waals surface area contributed by atoms with Crippen molar-refractivity contribution in [3.63, 3.8) is 0 Å². The average molecular weight is 362 g/mol. The van der Waals surface area contributed by atoms with Crippen molar-refractivity contribution >= 4 is 69.6 Å². The Morgan fingerprint density at radius 1 is 0.722 bits per heavy atom. The summed E-state index contributed by atoms with van der Waals surface area (Å²) in [5, 5.41) is 1.04. The summed E-state index contributed by atoms with van der Waals surface area (Å²) in [5.74, 6) is 0. The fraction of sp³-hybridized carbons (Fsp3) is 0. The highest BCUT2D eigenvalue weighted by atomic mass is 35.5. The number of aromatic nitrogens is 1. The molecular weight excluding hydrogens is 359 g/mol. The third-order valence-corrected chi connectivity index (χ3v) is 4.79. The molecule has 0 radical (unpaired) electrons. The Labute approximate surface area is 134 Å². The van der Waals surface area contributed by atoms with E-state index in [9.17, 15) is 0 Å². The maximum absolute atomic E-state index is 6.12. The molecule has 18 heavy (non-hydrogen) atoms. The largest absolute Gasteiger partial charge is 0.255 e. The fourth-order valence-corrected chi connectivity index (χ4v) is 2.92. The molecule has 0 fully saturated rings. The molecule has 0 atom stereocenters. The molecule has 0 unspecified atom stereocenters. The molecule has 7 heteroatoms. The lowest BCUT2D eigenvalue weighted by Crippen LogP contribution is -1.90. The van der Waals surface area contributed by atoms with Crippen molar-refractivity contribution in [2.45, 2.75) is 0 Å². The van der Waals surface area contributed by atoms with Crippen LogP contribution < -0.4 is 0 Å². The molecule has 2 rings (SSSR count). The summed E-state index contributed by atoms with van der Waals surface area (Å²) in [5.41, 5.74) is 0.762. The highest BCUT2D eigenvalue weighted by molar-refractivity contribution is 6.56. The van der Waals surface area contributed by atoms with Crippen LogP contribution in [0.4, 0.5) is 0 Å². The summed E-state index contributed by atoms with van der Waals surface area (Å²) in [4.78, 5) is 4.12. The molecule has 0 aliphatic carbocycles. The number of benzene rings is 1. The molecule has 1 aromatic heterocycles. The van der Waals surface area contributed by atoms with E-state index in [0.717, 1.165) is 0 Å². The summed E-state index contributed by atoms with van der Waals surface area (Å²) >= 11 is 36.2. The minimum atomic E-state index is 0.101. The second-order valence-electron chi connectivity index (χ2n) is 3.28. The Morgan fingerprint density at radius 3 is 1.72 bits per heavy atom. The molecule has 0 saturated heterocycles. The van der Waals surface area contributed by atoms with Crippen LogP contribution in [0.3, 0.4) is 0 Å². The highest BCUT2D eigenvalue weighted by Gasteiger charge is 2.22. The van der Waals surface area contributed by atoms with Gasteiger partial charge in [0.2, 0.25) is 0 Å². The van der Waals surface area contributed by atoms with Crippen molar-refractivity contribution in [3.8, 4) is 11.3 Å². The van der Waals surface area contributed by atoms with E-state index in [2.05, 4.69) is 4.98 Å². The molecule has 0 aliphatic heterocycles. The van der Waals surface area contributed by atoms with Crippen LogP contribution in [0, 0.1) is 0 Å². The van der Waals surface area contributed by atoms with Gasteiger partial charge in [-0.25, -0.2) is 0 Å². The molecule has 0 N–H and O–H groups in total. The molecule has 1 aromatic carbocycles. The van der Waals surface area contributed by atoms with Gasteiger partial charge in [-0.3, -0.25) is 4.98 Å². The van der Waals surface area contributed by atoms with Crippen molar-refractivity contribution in [1.29, 1.82) is 0 Å². The Hall–Kier alpha value is 0.110. The summed E-state index contributed by atoms with van der Waals surface area (Å²) < 4.78 is 0. The monoisotopic (exact) mass is 359 g/mol. The van der Waals surface area contributed by atoms with Gasteiger partial charge in [-0.1, -0.05) is 69.6 Å². The number of hydrogen-bond acceptors (Lipinski definition) is 1. The lowest BCUT2D eigenvalue weighted by Gasteiger charge is -2.12. The summed E-state index contributed by atoms with van der Waals surface area (Å²) in [6.07, 6.45) is 1.56. The van der Waals surface area contributed by atoms with Crippen LogP contribution in [-0.2, 0) is 0 Å². The zero-order chi connectivity index (χ0) is 13.4. The van der Waals surface area contributed by atoms with Crippen LogP contribution in [-0.4, -0.2) is 4.98 Å². The first-order valence-corrected chi connectivity index (χ1v) is 6.84. The van der Waals surface area contributed by atoms with Crippen molar-refractivity contribution in [3.05, 3.63) is 48.5 Å². The van der Waals surface area contributed by atoms with E-state index in [1.54, 1.807) is 18.3 Å². The van der Waals surface area contributed by atoms with E-state index in [-0.39, 0.29) is 25.1 Å². The quantitative estimate of drug-likeness (QED) is 0.408. The van der Waals surface area contributed by atoms with Crippen molar-refractivity contribution in [1.82, 2.24) is 4.98 Å². The van der Waals surface area contributed by atoms with Crippen molar-refractivity contribution in [2.24, 2.45) is 0 Å². The molecule has 94 valence electrons. The maximum Gasteiger partial charge on any atom is 0.0919 e. The van der Waals surface area contributed by atoms with Gasteiger partial charge in [0, 0.05) is 11.8 Å². The lowest BCUT2D eigenvalue weighted by molar-refractivity contribution is 1.33. The van der Waals surface area contributed by atoms with E-state index in [1.807, 2.05) is 0 Å². The minimum Gasteiger partial charge on any atom is -0.255 e. The maximum atomic E-state index is 6.12. The SMILES string of the molecule is Clc1cccnc1-c1c(Cl)c(Cl)c(Cl)c(Cl)c1Cl. The molecular formula is C11H3Cl6N. The predicted octanol–water partition coefficient (Wildman–Crippen LogP) is 6.67. The summed E-state index contributed by atoms with van der Waals surface area (Å²) in [6.45, 7) is 0. The van der Waals surface area contributed by atoms with E-state index in [1.165, 1.54) is 0 Å². The fourth-order valence-electron chi connectivity index (χ4n) is 1.38. The van der Waals surface area contributed by atoms with Gasteiger partial charge in [-0.05, 0) is 12.1 Å². The first kappa shape index (κ1) is 14.5. The standard InChI is InChI=1S/C11H3Cl6N/c12-4-2-1-3-18-11(4)5-6(13)8(15)10(17)9(16)7(5)14/h1-3H. The van der Waals surface area contributed by atoms with Crippen LogP contribution >= 0.6 is 69.6 Å². The van der Waals surface area contributed by atoms with Crippen molar-refractivity contribution in [2.75, 3.05) is 0 Å². The van der Waals surface area contributed by atoms with Gasteiger partial charge in [-0.15, -0.1) is 0 Å². The first-order valence-electron chi connectivity index (χ1n) is 4.57. The molecule has 0 aliphatic rings. The average Bonchev–Trinajstić information content (AvgIpc) is 2.36. The second-order valence-corrected chi connectivity index (χ2v) is 5.58. The third-order valence-electron chi connectivity index (χ3n) is 2.21. The Kier molecular flexibility index (Phi) is 4.53. The lowest BCUT2D eigenvalue weighted by atomic mass is 10.1. The van der Waals surface area contributed by atoms with E-state index in [0.29, 0.717) is 16.3 Å². The second kappa shape index (κ2) is 5.62. The van der Waals surface area contributed by atoms with Crippen LogP contribution in [0.25, 0.3) is 11.3 Å². The van der Waals surface area contributed by atoms with Gasteiger partial charge in [0.05, 0.1) is 35.8 Å². The van der Waals surface area contributed by atoms with Gasteiger partial charge in [0.15, 0.2) is 0 Å². The Balaban J connectivity index is 2.85. The zero-order valence-corrected chi connectivity index (χ0v) is 13.0. The molecule has 0 amide bonds. The highest BCUT2D eigenvalue weighted by Crippen LogP contribution is 2.48. The Morgan fingerprint density at radius 2 is 1.22 bits per heavy atom. The number of rotatable bonds is 1. The summed E-state index contributed by atoms with van der Waals surface area (Å²) in [7, 11) is 0. The van der Waals surface area contributed by atoms with Crippen LogP contribution in [0.15, 0.2) is 18.3 Å². The Bertz CT molecular complexity index is 596. The van der Waals surface area contributed by atoms with Crippen LogP contribution in [0.5, 0.6) is 0 Å². The summed E-state index contributed by atoms with van der Waals surface area (Å²) in [6, 6.07) is 3.35. The van der Waals surface area contributed by atoms with Gasteiger partial charge in [0.1, 0.15) is 0 Å². The van der Waals surface area contributed by atoms with Gasteiger partial charge >= 0.3 is 0 Å². The molecule has 1 nitrogen and oxygen atoms in total. The van der Waals surface area contributed by atoms with Gasteiger partial charge in [-0.2, -0.15) is 0 Å². The van der Waals surface area contributed by atoms with Crippen molar-refractivity contribution < 1.29 is 0 Å². The molecule has 0 saturated carbocycles. The van der Waals surface area contributed by atoms with Gasteiger partial charge in [0.25, 0.3) is 0 Å². The molecule has 2 aromatic rings. The number of halogens is 6. The van der Waals surface area contributed by atoms with Gasteiger partial charge < -0.3 is 0 Å². The normalized spacial score (nSPS) is 10.8. The molecule has 0 spiro atoms. The van der Waals surface area contributed by atoms with E-state index >= 15 is 0 Å². The first-order chi connectivity index (χ1) is 8.45. The zero-order valence-electron chi connectivity index (χ0n) is 8.45. The molecule has 1 heterocycles. The topological polar surface area (TPSA) is 12.9 Å².